The van der Waals surface area contributed by atoms with Crippen molar-refractivity contribution in [1.82, 2.24) is 20.3 Å². The number of aromatic nitrogens is 3. The maximum atomic E-state index is 5.67. The number of nitrogens with one attached hydrogen (secondary N) is 2. The van der Waals surface area contributed by atoms with Crippen LogP contribution in [0.1, 0.15) is 24.4 Å². The van der Waals surface area contributed by atoms with Crippen molar-refractivity contribution in [3.8, 4) is 0 Å². The van der Waals surface area contributed by atoms with E-state index < -0.39 is 0 Å². The van der Waals surface area contributed by atoms with E-state index in [0.29, 0.717) is 12.3 Å². The number of aromatic amines is 1. The van der Waals surface area contributed by atoms with Gasteiger partial charge in [-0.15, -0.1) is 0 Å². The van der Waals surface area contributed by atoms with E-state index in [1.807, 2.05) is 18.3 Å². The predicted octanol–water partition coefficient (Wildman–Crippen LogP) is 3.16. The van der Waals surface area contributed by atoms with Crippen LogP contribution in [0, 0.1) is 0 Å². The Morgan fingerprint density at radius 2 is 2.32 bits per heavy atom. The Morgan fingerprint density at radius 3 is 3.11 bits per heavy atom. The Morgan fingerprint density at radius 1 is 1.42 bits per heavy atom. The molecule has 0 saturated carbocycles. The molecule has 0 aliphatic rings. The summed E-state index contributed by atoms with van der Waals surface area (Å²) in [5, 5.41) is 4.37. The molecule has 3 rings (SSSR count). The first-order valence-electron chi connectivity index (χ1n) is 5.98. The van der Waals surface area contributed by atoms with Crippen LogP contribution in [0.5, 0.6) is 0 Å². The highest BCUT2D eigenvalue weighted by Gasteiger charge is 2.09. The lowest BCUT2D eigenvalue weighted by Gasteiger charge is -2.09. The predicted molar refractivity (Wildman–Crippen MR) is 75.6 cm³/mol. The summed E-state index contributed by atoms with van der Waals surface area (Å²) < 4.78 is 6.62. The minimum absolute atomic E-state index is 0.190. The smallest absolute Gasteiger partial charge is 0.226 e. The van der Waals surface area contributed by atoms with Crippen LogP contribution in [-0.4, -0.2) is 15.0 Å². The first-order chi connectivity index (χ1) is 9.22. The topological polar surface area (TPSA) is 66.7 Å². The van der Waals surface area contributed by atoms with Crippen LogP contribution in [0.25, 0.3) is 11.1 Å². The molecule has 3 aromatic heterocycles. The van der Waals surface area contributed by atoms with Crippen molar-refractivity contribution < 1.29 is 4.42 Å². The van der Waals surface area contributed by atoms with Gasteiger partial charge in [-0.25, -0.2) is 9.97 Å². The Kier molecular flexibility index (Phi) is 3.35. The summed E-state index contributed by atoms with van der Waals surface area (Å²) in [5.41, 5.74) is 1.71. The van der Waals surface area contributed by atoms with Crippen LogP contribution in [0.2, 0.25) is 0 Å². The Balaban J connectivity index is 1.71. The molecule has 0 amide bonds. The molecule has 0 spiro atoms. The fraction of sp³-hybridized carbons (Fsp3) is 0.231. The van der Waals surface area contributed by atoms with Gasteiger partial charge in [-0.1, -0.05) is 0 Å². The third-order valence-electron chi connectivity index (χ3n) is 2.96. The molecular weight excluding hydrogens is 308 g/mol. The number of nitrogens with zero attached hydrogens (tertiary/aromatic N) is 2. The first-order valence-corrected chi connectivity index (χ1v) is 6.77. The van der Waals surface area contributed by atoms with Gasteiger partial charge in [0.15, 0.2) is 0 Å². The van der Waals surface area contributed by atoms with Gasteiger partial charge in [0.1, 0.15) is 5.76 Å². The standard InChI is InChI=1S/C13H13BrN4O/c1-8(12-6-15-7-18-12)16-5-11-3-9-2-10(14)4-17-13(9)19-11/h2-4,6-8,16H,5H2,1H3,(H,15,18). The summed E-state index contributed by atoms with van der Waals surface area (Å²) in [4.78, 5) is 11.3. The zero-order valence-electron chi connectivity index (χ0n) is 10.4. The van der Waals surface area contributed by atoms with E-state index in [4.69, 9.17) is 4.42 Å². The van der Waals surface area contributed by atoms with Crippen LogP contribution in [0.4, 0.5) is 0 Å². The van der Waals surface area contributed by atoms with Gasteiger partial charge in [0.25, 0.3) is 0 Å². The number of pyridine rings is 1. The summed E-state index contributed by atoms with van der Waals surface area (Å²) in [5.74, 6) is 0.868. The number of hydrogen-bond donors (Lipinski definition) is 2. The van der Waals surface area contributed by atoms with E-state index in [2.05, 4.69) is 43.1 Å². The summed E-state index contributed by atoms with van der Waals surface area (Å²) in [6, 6.07) is 4.18. The number of imidazole rings is 1. The van der Waals surface area contributed by atoms with Crippen molar-refractivity contribution in [3.05, 3.63) is 46.8 Å². The van der Waals surface area contributed by atoms with Gasteiger partial charge < -0.3 is 14.7 Å². The fourth-order valence-electron chi connectivity index (χ4n) is 1.91. The average molecular weight is 321 g/mol. The van der Waals surface area contributed by atoms with Crippen molar-refractivity contribution in [1.29, 1.82) is 0 Å². The second-order valence-corrected chi connectivity index (χ2v) is 5.29. The summed E-state index contributed by atoms with van der Waals surface area (Å²) in [6.07, 6.45) is 5.22. The zero-order chi connectivity index (χ0) is 13.2. The van der Waals surface area contributed by atoms with Crippen LogP contribution in [0.3, 0.4) is 0 Å². The number of rotatable bonds is 4. The van der Waals surface area contributed by atoms with E-state index in [1.54, 1.807) is 12.5 Å². The lowest BCUT2D eigenvalue weighted by molar-refractivity contribution is 0.474. The molecule has 0 radical (unpaired) electrons. The second-order valence-electron chi connectivity index (χ2n) is 4.37. The molecule has 5 nitrogen and oxygen atoms in total. The third-order valence-corrected chi connectivity index (χ3v) is 3.39. The van der Waals surface area contributed by atoms with Crippen molar-refractivity contribution in [3.63, 3.8) is 0 Å². The van der Waals surface area contributed by atoms with Gasteiger partial charge in [-0.2, -0.15) is 0 Å². The van der Waals surface area contributed by atoms with Crippen molar-refractivity contribution in [2.75, 3.05) is 0 Å². The lowest BCUT2D eigenvalue weighted by atomic mass is 10.2. The second kappa shape index (κ2) is 5.14. The van der Waals surface area contributed by atoms with Crippen molar-refractivity contribution >= 4 is 27.0 Å². The van der Waals surface area contributed by atoms with Crippen molar-refractivity contribution in [2.24, 2.45) is 0 Å². The maximum absolute atomic E-state index is 5.67. The molecule has 98 valence electrons. The minimum atomic E-state index is 0.190. The third kappa shape index (κ3) is 2.69. The molecule has 1 atom stereocenters. The highest BCUT2D eigenvalue weighted by Crippen LogP contribution is 2.21. The van der Waals surface area contributed by atoms with Gasteiger partial charge in [-0.05, 0) is 35.0 Å². The average Bonchev–Trinajstić information content (AvgIpc) is 3.04. The number of furan rings is 1. The van der Waals surface area contributed by atoms with Crippen LogP contribution < -0.4 is 5.32 Å². The Labute approximate surface area is 118 Å². The van der Waals surface area contributed by atoms with Crippen LogP contribution in [0.15, 0.2) is 39.7 Å². The summed E-state index contributed by atoms with van der Waals surface area (Å²) >= 11 is 3.40. The monoisotopic (exact) mass is 320 g/mol. The maximum Gasteiger partial charge on any atom is 0.226 e. The quantitative estimate of drug-likeness (QED) is 0.774. The Hall–Kier alpha value is -1.66. The molecule has 0 fully saturated rings. The molecule has 1 unspecified atom stereocenters. The minimum Gasteiger partial charge on any atom is -0.441 e. The van der Waals surface area contributed by atoms with E-state index in [1.165, 1.54) is 0 Å². The molecule has 6 heteroatoms. The molecule has 0 aromatic carbocycles. The summed E-state index contributed by atoms with van der Waals surface area (Å²) in [6.45, 7) is 2.72. The number of hydrogen-bond acceptors (Lipinski definition) is 4. The van der Waals surface area contributed by atoms with Gasteiger partial charge in [-0.3, -0.25) is 0 Å². The molecule has 0 bridgehead atoms. The van der Waals surface area contributed by atoms with E-state index in [0.717, 1.165) is 21.3 Å². The van der Waals surface area contributed by atoms with Gasteiger partial charge in [0.05, 0.1) is 18.6 Å². The van der Waals surface area contributed by atoms with E-state index in [-0.39, 0.29) is 6.04 Å². The molecular formula is C13H13BrN4O. The largest absolute Gasteiger partial charge is 0.441 e. The van der Waals surface area contributed by atoms with Crippen LogP contribution in [-0.2, 0) is 6.54 Å². The first kappa shape index (κ1) is 12.4. The number of H-pyrrole nitrogens is 1. The SMILES string of the molecule is CC(NCc1cc2cc(Br)cnc2o1)c1cnc[nH]1. The number of halogens is 1. The van der Waals surface area contributed by atoms with Crippen molar-refractivity contribution in [2.45, 2.75) is 19.5 Å². The molecule has 0 saturated heterocycles. The van der Waals surface area contributed by atoms with Gasteiger partial charge >= 0.3 is 0 Å². The van der Waals surface area contributed by atoms with Gasteiger partial charge in [0, 0.05) is 28.3 Å². The Bertz CT molecular complexity index is 677. The highest BCUT2D eigenvalue weighted by atomic mass is 79.9. The fourth-order valence-corrected chi connectivity index (χ4v) is 2.26. The van der Waals surface area contributed by atoms with E-state index >= 15 is 0 Å². The molecule has 0 aliphatic heterocycles. The zero-order valence-corrected chi connectivity index (χ0v) is 11.9. The van der Waals surface area contributed by atoms with Gasteiger partial charge in [0.2, 0.25) is 5.71 Å². The van der Waals surface area contributed by atoms with E-state index in [9.17, 15) is 0 Å². The molecule has 0 aliphatic carbocycles. The normalized spacial score (nSPS) is 12.9. The molecule has 19 heavy (non-hydrogen) atoms. The lowest BCUT2D eigenvalue weighted by Crippen LogP contribution is -2.17. The molecule has 3 aromatic rings. The number of fused-ring (bicyclic) bond motifs is 1. The summed E-state index contributed by atoms with van der Waals surface area (Å²) in [7, 11) is 0. The molecule has 3 heterocycles. The molecule has 2 N–H and O–H groups in total. The van der Waals surface area contributed by atoms with Crippen LogP contribution >= 0.6 is 15.9 Å². The highest BCUT2D eigenvalue weighted by molar-refractivity contribution is 9.10.